The molecule has 1 saturated heterocycles. The molecule has 1 fully saturated rings. The number of anilines is 2. The maximum Gasteiger partial charge on any atom is 0.322 e. The van der Waals surface area contributed by atoms with E-state index in [1.807, 2.05) is 48.2 Å². The van der Waals surface area contributed by atoms with Crippen molar-refractivity contribution in [1.82, 2.24) is 14.8 Å². The van der Waals surface area contributed by atoms with Gasteiger partial charge in [-0.3, -0.25) is 14.6 Å². The summed E-state index contributed by atoms with van der Waals surface area (Å²) in [7, 11) is -3.33. The zero-order valence-electron chi connectivity index (χ0n) is 24.7. The van der Waals surface area contributed by atoms with E-state index < -0.39 is 10.0 Å². The van der Waals surface area contributed by atoms with E-state index in [9.17, 15) is 17.6 Å². The number of hydrogen-bond donors (Lipinski definition) is 2. The number of sulfonamides is 1. The van der Waals surface area contributed by atoms with Gasteiger partial charge in [-0.05, 0) is 97.6 Å². The van der Waals surface area contributed by atoms with E-state index in [1.54, 1.807) is 42.6 Å². The predicted octanol–water partition coefficient (Wildman–Crippen LogP) is 6.39. The van der Waals surface area contributed by atoms with Crippen LogP contribution in [0.3, 0.4) is 0 Å². The smallest absolute Gasteiger partial charge is 0.322 e. The molecule has 2 amide bonds. The van der Waals surface area contributed by atoms with Gasteiger partial charge in [0.05, 0.1) is 18.5 Å². The third kappa shape index (κ3) is 8.77. The van der Waals surface area contributed by atoms with E-state index >= 15 is 0 Å². The number of nitrogens with zero attached hydrogens (tertiary/aromatic N) is 3. The molecule has 1 aliphatic rings. The SMILES string of the molecule is Cc1cccnc1CN(C(=O)Nc1ccc(F)cc1)C1CCN(Cc2ccc(Oc3ccc(NS(C)(=O)=O)cc3)cc2)CC1. The van der Waals surface area contributed by atoms with E-state index in [1.165, 1.54) is 12.1 Å². The summed E-state index contributed by atoms with van der Waals surface area (Å²) >= 11 is 0. The molecule has 3 aromatic carbocycles. The Balaban J connectivity index is 1.17. The van der Waals surface area contributed by atoms with Crippen LogP contribution in [0.5, 0.6) is 11.5 Å². The van der Waals surface area contributed by atoms with E-state index in [4.69, 9.17) is 4.74 Å². The van der Waals surface area contributed by atoms with Crippen LogP contribution in [0.2, 0.25) is 0 Å². The number of amides is 2. The van der Waals surface area contributed by atoms with Crippen molar-refractivity contribution in [3.63, 3.8) is 0 Å². The van der Waals surface area contributed by atoms with Crippen LogP contribution < -0.4 is 14.8 Å². The van der Waals surface area contributed by atoms with Crippen LogP contribution in [-0.4, -0.2) is 54.6 Å². The number of urea groups is 1. The van der Waals surface area contributed by atoms with Gasteiger partial charge in [0.2, 0.25) is 10.0 Å². The minimum absolute atomic E-state index is 0.0305. The zero-order chi connectivity index (χ0) is 31.1. The van der Waals surface area contributed by atoms with Gasteiger partial charge in [0.15, 0.2) is 0 Å². The maximum atomic E-state index is 13.5. The number of benzene rings is 3. The van der Waals surface area contributed by atoms with Gasteiger partial charge >= 0.3 is 6.03 Å². The molecular formula is C33H36FN5O4S. The largest absolute Gasteiger partial charge is 0.457 e. The van der Waals surface area contributed by atoms with Gasteiger partial charge in [-0.1, -0.05) is 18.2 Å². The van der Waals surface area contributed by atoms with Gasteiger partial charge in [0.25, 0.3) is 0 Å². The van der Waals surface area contributed by atoms with Crippen LogP contribution >= 0.6 is 0 Å². The molecule has 0 spiro atoms. The van der Waals surface area contributed by atoms with Crippen molar-refractivity contribution in [2.75, 3.05) is 29.4 Å². The Morgan fingerprint density at radius 1 is 0.955 bits per heavy atom. The first-order valence-corrected chi connectivity index (χ1v) is 16.3. The van der Waals surface area contributed by atoms with Gasteiger partial charge < -0.3 is 15.0 Å². The van der Waals surface area contributed by atoms with Crippen molar-refractivity contribution in [3.05, 3.63) is 114 Å². The number of aromatic nitrogens is 1. The standard InChI is InChI=1S/C33H36FN5O4S/c1-24-4-3-19-35-32(24)23-39(33(40)36-27-9-7-26(34)8-10-27)29-17-20-38(21-18-29)22-25-5-13-30(14-6-25)43-31-15-11-28(12-16-31)37-44(2,41)42/h3-16,19,29,37H,17-18,20-23H2,1-2H3,(H,36,40). The summed E-state index contributed by atoms with van der Waals surface area (Å²) in [6.45, 7) is 4.83. The summed E-state index contributed by atoms with van der Waals surface area (Å²) in [4.78, 5) is 22.2. The quantitative estimate of drug-likeness (QED) is 0.214. The van der Waals surface area contributed by atoms with Gasteiger partial charge in [0, 0.05) is 43.2 Å². The number of likely N-dealkylation sites (tertiary alicyclic amines) is 1. The number of nitrogens with one attached hydrogen (secondary N) is 2. The lowest BCUT2D eigenvalue weighted by Gasteiger charge is -2.38. The summed E-state index contributed by atoms with van der Waals surface area (Å²) in [6, 6.07) is 24.1. The fraction of sp³-hybridized carbons (Fsp3) is 0.273. The Bertz CT molecular complexity index is 1660. The molecule has 1 aliphatic heterocycles. The molecule has 0 atom stereocenters. The Hall–Kier alpha value is -4.48. The second-order valence-electron chi connectivity index (χ2n) is 11.0. The number of ether oxygens (including phenoxy) is 1. The second-order valence-corrected chi connectivity index (χ2v) is 12.7. The molecular weight excluding hydrogens is 581 g/mol. The normalized spacial score (nSPS) is 14.2. The molecule has 0 aliphatic carbocycles. The van der Waals surface area contributed by atoms with Crippen LogP contribution in [0.15, 0.2) is 91.1 Å². The highest BCUT2D eigenvalue weighted by Gasteiger charge is 2.29. The minimum atomic E-state index is -3.33. The number of aryl methyl sites for hydroxylation is 1. The van der Waals surface area contributed by atoms with Gasteiger partial charge in [-0.15, -0.1) is 0 Å². The number of pyridine rings is 1. The number of halogens is 1. The van der Waals surface area contributed by atoms with Crippen LogP contribution in [0.1, 0.15) is 29.7 Å². The Labute approximate surface area is 257 Å². The lowest BCUT2D eigenvalue weighted by molar-refractivity contribution is 0.119. The molecule has 0 radical (unpaired) electrons. The van der Waals surface area contributed by atoms with Crippen molar-refractivity contribution >= 4 is 27.4 Å². The minimum Gasteiger partial charge on any atom is -0.457 e. The average Bonchev–Trinajstić information content (AvgIpc) is 3.00. The fourth-order valence-corrected chi connectivity index (χ4v) is 5.76. The number of hydrogen-bond acceptors (Lipinski definition) is 6. The molecule has 44 heavy (non-hydrogen) atoms. The fourth-order valence-electron chi connectivity index (χ4n) is 5.19. The number of carbonyl (C=O) groups excluding carboxylic acids is 1. The van der Waals surface area contributed by atoms with Crippen LogP contribution in [0, 0.1) is 12.7 Å². The predicted molar refractivity (Wildman–Crippen MR) is 170 cm³/mol. The second kappa shape index (κ2) is 13.9. The van der Waals surface area contributed by atoms with Crippen LogP contribution in [-0.2, 0) is 23.1 Å². The number of piperidine rings is 1. The first-order valence-electron chi connectivity index (χ1n) is 14.4. The molecule has 5 rings (SSSR count). The molecule has 11 heteroatoms. The molecule has 2 heterocycles. The number of carbonyl (C=O) groups is 1. The average molecular weight is 618 g/mol. The molecule has 9 nitrogen and oxygen atoms in total. The van der Waals surface area contributed by atoms with E-state index in [2.05, 4.69) is 19.9 Å². The topological polar surface area (TPSA) is 104 Å². The lowest BCUT2D eigenvalue weighted by Crippen LogP contribution is -2.48. The lowest BCUT2D eigenvalue weighted by atomic mass is 10.0. The third-order valence-corrected chi connectivity index (χ3v) is 8.12. The van der Waals surface area contributed by atoms with Gasteiger partial charge in [-0.2, -0.15) is 0 Å². The molecule has 230 valence electrons. The Morgan fingerprint density at radius 3 is 2.18 bits per heavy atom. The van der Waals surface area contributed by atoms with Crippen molar-refractivity contribution in [2.45, 2.75) is 38.9 Å². The summed E-state index contributed by atoms with van der Waals surface area (Å²) in [6.07, 6.45) is 4.48. The van der Waals surface area contributed by atoms with Gasteiger partial charge in [-0.25, -0.2) is 17.6 Å². The monoisotopic (exact) mass is 617 g/mol. The molecule has 0 saturated carbocycles. The molecule has 4 aromatic rings. The van der Waals surface area contributed by atoms with Gasteiger partial charge in [0.1, 0.15) is 17.3 Å². The number of rotatable bonds is 10. The first kappa shape index (κ1) is 31.0. The van der Waals surface area contributed by atoms with Crippen molar-refractivity contribution in [3.8, 4) is 11.5 Å². The molecule has 1 aromatic heterocycles. The highest BCUT2D eigenvalue weighted by Crippen LogP contribution is 2.26. The van der Waals surface area contributed by atoms with Crippen LogP contribution in [0.25, 0.3) is 0 Å². The molecule has 0 unspecified atom stereocenters. The highest BCUT2D eigenvalue weighted by atomic mass is 32.2. The third-order valence-electron chi connectivity index (χ3n) is 7.51. The Kier molecular flexibility index (Phi) is 9.76. The summed E-state index contributed by atoms with van der Waals surface area (Å²) < 4.78 is 44.5. The van der Waals surface area contributed by atoms with E-state index in [-0.39, 0.29) is 17.9 Å². The summed E-state index contributed by atoms with van der Waals surface area (Å²) in [5.41, 5.74) is 4.05. The van der Waals surface area contributed by atoms with Crippen molar-refractivity contribution in [1.29, 1.82) is 0 Å². The maximum absolute atomic E-state index is 13.5. The van der Waals surface area contributed by atoms with E-state index in [0.717, 1.165) is 55.6 Å². The van der Waals surface area contributed by atoms with Crippen LogP contribution in [0.4, 0.5) is 20.6 Å². The summed E-state index contributed by atoms with van der Waals surface area (Å²) in [5.74, 6) is 0.936. The Morgan fingerprint density at radius 2 is 1.57 bits per heavy atom. The molecule has 2 N–H and O–H groups in total. The first-order chi connectivity index (χ1) is 21.1. The van der Waals surface area contributed by atoms with Crippen molar-refractivity contribution in [2.24, 2.45) is 0 Å². The highest BCUT2D eigenvalue weighted by molar-refractivity contribution is 7.92. The zero-order valence-corrected chi connectivity index (χ0v) is 25.6. The summed E-state index contributed by atoms with van der Waals surface area (Å²) in [5, 5.41) is 2.93. The van der Waals surface area contributed by atoms with E-state index in [0.29, 0.717) is 29.4 Å². The van der Waals surface area contributed by atoms with Crippen molar-refractivity contribution < 1.29 is 22.3 Å². The molecule has 0 bridgehead atoms.